The lowest BCUT2D eigenvalue weighted by Gasteiger charge is -2.08. The zero-order valence-corrected chi connectivity index (χ0v) is 10.9. The molecule has 0 aliphatic rings. The van der Waals surface area contributed by atoms with Gasteiger partial charge < -0.3 is 9.26 Å². The number of halogens is 3. The summed E-state index contributed by atoms with van der Waals surface area (Å²) in [7, 11) is 0. The number of carbonyl (C=O) groups is 1. The molecule has 2 aromatic rings. The maximum atomic E-state index is 12.3. The van der Waals surface area contributed by atoms with Gasteiger partial charge in [-0.25, -0.2) is 0 Å². The molecule has 1 heterocycles. The largest absolute Gasteiger partial charge is 0.485 e. The summed E-state index contributed by atoms with van der Waals surface area (Å²) in [5.41, 5.74) is 0. The number of ether oxygens (including phenoxy) is 1. The Hall–Kier alpha value is -2.38. The number of Topliss-reactive ketones (excluding diaryl/α,β-unsaturated/α-hetero) is 1. The first-order valence-corrected chi connectivity index (χ1v) is 5.99. The van der Waals surface area contributed by atoms with Crippen molar-refractivity contribution in [2.75, 3.05) is 0 Å². The van der Waals surface area contributed by atoms with Gasteiger partial charge in [0.05, 0.1) is 0 Å². The van der Waals surface area contributed by atoms with E-state index in [-0.39, 0.29) is 18.3 Å². The molecular weight excluding hydrogens is 289 g/mol. The quantitative estimate of drug-likeness (QED) is 0.849. The summed E-state index contributed by atoms with van der Waals surface area (Å²) in [6.07, 6.45) is -4.94. The summed E-state index contributed by atoms with van der Waals surface area (Å²) < 4.78 is 46.9. The van der Waals surface area contributed by atoms with Crippen LogP contribution in [-0.4, -0.2) is 22.1 Å². The second kappa shape index (κ2) is 5.94. The third-order valence-corrected chi connectivity index (χ3v) is 2.64. The second-order valence-electron chi connectivity index (χ2n) is 4.23. The van der Waals surface area contributed by atoms with Gasteiger partial charge >= 0.3 is 6.18 Å². The number of benzene rings is 1. The molecule has 0 bridgehead atoms. The van der Waals surface area contributed by atoms with Gasteiger partial charge in [0.15, 0.2) is 6.61 Å². The smallest absolute Gasteiger partial charge is 0.450 e. The molecule has 0 aliphatic heterocycles. The third-order valence-electron chi connectivity index (χ3n) is 2.64. The number of hydrogen-bond donors (Lipinski definition) is 0. The highest BCUT2D eigenvalue weighted by atomic mass is 19.4. The molecule has 2 rings (SSSR count). The number of hydrogen-bond acceptors (Lipinski definition) is 5. The van der Waals surface area contributed by atoms with Crippen LogP contribution < -0.4 is 4.74 Å². The van der Waals surface area contributed by atoms with E-state index in [0.717, 1.165) is 6.92 Å². The van der Waals surface area contributed by atoms with Crippen molar-refractivity contribution in [2.45, 2.75) is 25.6 Å². The van der Waals surface area contributed by atoms with Crippen molar-refractivity contribution in [3.05, 3.63) is 42.0 Å². The summed E-state index contributed by atoms with van der Waals surface area (Å²) in [6, 6.07) is 8.75. The van der Waals surface area contributed by atoms with Crippen molar-refractivity contribution < 1.29 is 27.2 Å². The fourth-order valence-electron chi connectivity index (χ4n) is 1.52. The average Bonchev–Trinajstić information content (AvgIpc) is 2.92. The summed E-state index contributed by atoms with van der Waals surface area (Å²) >= 11 is 0. The van der Waals surface area contributed by atoms with Gasteiger partial charge in [-0.15, -0.1) is 0 Å². The minimum absolute atomic E-state index is 0.0654. The van der Waals surface area contributed by atoms with E-state index in [2.05, 4.69) is 14.7 Å². The molecule has 0 radical (unpaired) electrons. The standard InChI is InChI=1S/C13H11F3N2O3/c1-8(11(19)13(14,15)16)12-17-10(18-21-12)7-20-9-5-3-2-4-6-9/h2-6,8H,7H2,1H3. The molecule has 0 saturated carbocycles. The summed E-state index contributed by atoms with van der Waals surface area (Å²) in [4.78, 5) is 14.8. The van der Waals surface area contributed by atoms with Crippen LogP contribution >= 0.6 is 0 Å². The number of aromatic nitrogens is 2. The molecule has 5 nitrogen and oxygen atoms in total. The van der Waals surface area contributed by atoms with Gasteiger partial charge in [0.25, 0.3) is 0 Å². The van der Waals surface area contributed by atoms with Gasteiger partial charge in [0.1, 0.15) is 11.7 Å². The third kappa shape index (κ3) is 3.80. The van der Waals surface area contributed by atoms with Crippen LogP contribution in [0.3, 0.4) is 0 Å². The summed E-state index contributed by atoms with van der Waals surface area (Å²) in [6.45, 7) is 0.992. The number of para-hydroxylation sites is 1. The molecule has 0 amide bonds. The normalized spacial score (nSPS) is 13.0. The molecule has 0 saturated heterocycles. The van der Waals surface area contributed by atoms with Crippen molar-refractivity contribution >= 4 is 5.78 Å². The lowest BCUT2D eigenvalue weighted by Crippen LogP contribution is -2.27. The zero-order chi connectivity index (χ0) is 15.5. The first-order valence-electron chi connectivity index (χ1n) is 5.99. The summed E-state index contributed by atoms with van der Waals surface area (Å²) in [5.74, 6) is -3.23. The summed E-state index contributed by atoms with van der Waals surface area (Å²) in [5, 5.41) is 3.49. The fourth-order valence-corrected chi connectivity index (χ4v) is 1.52. The fraction of sp³-hybridized carbons (Fsp3) is 0.308. The van der Waals surface area contributed by atoms with Crippen LogP contribution in [-0.2, 0) is 11.4 Å². The van der Waals surface area contributed by atoms with Crippen molar-refractivity contribution in [1.29, 1.82) is 0 Å². The van der Waals surface area contributed by atoms with E-state index in [4.69, 9.17) is 4.74 Å². The molecule has 1 unspecified atom stereocenters. The van der Waals surface area contributed by atoms with Crippen LogP contribution in [0.25, 0.3) is 0 Å². The molecule has 8 heteroatoms. The molecular formula is C13H11F3N2O3. The first-order chi connectivity index (χ1) is 9.88. The Kier molecular flexibility index (Phi) is 4.25. The van der Waals surface area contributed by atoms with Crippen molar-refractivity contribution in [2.24, 2.45) is 0 Å². The van der Waals surface area contributed by atoms with Gasteiger partial charge in [-0.05, 0) is 19.1 Å². The number of ketones is 1. The molecule has 21 heavy (non-hydrogen) atoms. The highest BCUT2D eigenvalue weighted by Crippen LogP contribution is 2.26. The average molecular weight is 300 g/mol. The Morgan fingerprint density at radius 1 is 1.33 bits per heavy atom. The highest BCUT2D eigenvalue weighted by Gasteiger charge is 2.44. The van der Waals surface area contributed by atoms with Gasteiger partial charge in [-0.1, -0.05) is 23.4 Å². The lowest BCUT2D eigenvalue weighted by atomic mass is 10.1. The molecule has 112 valence electrons. The molecule has 1 atom stereocenters. The van der Waals surface area contributed by atoms with E-state index < -0.39 is 17.9 Å². The van der Waals surface area contributed by atoms with E-state index in [1.54, 1.807) is 24.3 Å². The Morgan fingerprint density at radius 2 is 2.00 bits per heavy atom. The maximum absolute atomic E-state index is 12.3. The van der Waals surface area contributed by atoms with Crippen LogP contribution in [0.15, 0.2) is 34.9 Å². The van der Waals surface area contributed by atoms with E-state index in [1.165, 1.54) is 0 Å². The number of nitrogens with zero attached hydrogens (tertiary/aromatic N) is 2. The van der Waals surface area contributed by atoms with Crippen molar-refractivity contribution in [3.8, 4) is 5.75 Å². The van der Waals surface area contributed by atoms with Crippen LogP contribution in [0, 0.1) is 0 Å². The molecule has 0 N–H and O–H groups in total. The van der Waals surface area contributed by atoms with Gasteiger partial charge in [0, 0.05) is 0 Å². The Morgan fingerprint density at radius 3 is 2.62 bits per heavy atom. The molecule has 0 spiro atoms. The lowest BCUT2D eigenvalue weighted by molar-refractivity contribution is -0.172. The van der Waals surface area contributed by atoms with Gasteiger partial charge in [0.2, 0.25) is 17.5 Å². The predicted octanol–water partition coefficient (Wildman–Crippen LogP) is 2.88. The zero-order valence-electron chi connectivity index (χ0n) is 10.9. The first kappa shape index (κ1) is 15.0. The monoisotopic (exact) mass is 300 g/mol. The van der Waals surface area contributed by atoms with E-state index >= 15 is 0 Å². The highest BCUT2D eigenvalue weighted by molar-refractivity contribution is 5.89. The molecule has 0 fully saturated rings. The van der Waals surface area contributed by atoms with Crippen LogP contribution in [0.4, 0.5) is 13.2 Å². The minimum atomic E-state index is -4.94. The molecule has 1 aromatic carbocycles. The van der Waals surface area contributed by atoms with Crippen molar-refractivity contribution in [1.82, 2.24) is 10.1 Å². The topological polar surface area (TPSA) is 65.2 Å². The predicted molar refractivity (Wildman–Crippen MR) is 64.5 cm³/mol. The molecule has 1 aromatic heterocycles. The van der Waals surface area contributed by atoms with Gasteiger partial charge in [-0.3, -0.25) is 4.79 Å². The van der Waals surface area contributed by atoms with Crippen molar-refractivity contribution in [3.63, 3.8) is 0 Å². The second-order valence-corrected chi connectivity index (χ2v) is 4.23. The van der Waals surface area contributed by atoms with Crippen LogP contribution in [0.1, 0.15) is 24.6 Å². The van der Waals surface area contributed by atoms with E-state index in [1.807, 2.05) is 6.07 Å². The number of rotatable bonds is 5. The Bertz CT molecular complexity index is 611. The molecule has 0 aliphatic carbocycles. The van der Waals surface area contributed by atoms with E-state index in [0.29, 0.717) is 5.75 Å². The number of alkyl halides is 3. The van der Waals surface area contributed by atoms with E-state index in [9.17, 15) is 18.0 Å². The van der Waals surface area contributed by atoms with Crippen LogP contribution in [0.2, 0.25) is 0 Å². The SMILES string of the molecule is CC(C(=O)C(F)(F)F)c1nc(COc2ccccc2)no1. The Labute approximate surface area is 117 Å². The van der Waals surface area contributed by atoms with Gasteiger partial charge in [-0.2, -0.15) is 18.2 Å². The minimum Gasteiger partial charge on any atom is -0.485 e. The Balaban J connectivity index is 2.00. The number of carbonyl (C=O) groups excluding carboxylic acids is 1. The van der Waals surface area contributed by atoms with Crippen LogP contribution in [0.5, 0.6) is 5.75 Å². The maximum Gasteiger partial charge on any atom is 0.450 e.